The van der Waals surface area contributed by atoms with E-state index in [1.165, 1.54) is 16.7 Å². The molecule has 0 atom stereocenters. The van der Waals surface area contributed by atoms with E-state index in [2.05, 4.69) is 131 Å². The van der Waals surface area contributed by atoms with E-state index >= 15 is 0 Å². The van der Waals surface area contributed by atoms with Crippen LogP contribution in [0.15, 0.2) is 128 Å². The van der Waals surface area contributed by atoms with Crippen molar-refractivity contribution in [3.63, 3.8) is 0 Å². The molecular formula is C44H40N3OPt-. The first-order chi connectivity index (χ1) is 23.0. The largest absolute Gasteiger partial charge is 0.507 e. The summed E-state index contributed by atoms with van der Waals surface area (Å²) in [5, 5.41) is 10.9. The number of nitrogens with zero attached hydrogens (tertiary/aromatic N) is 3. The molecule has 5 aromatic carbocycles. The van der Waals surface area contributed by atoms with Gasteiger partial charge in [-0.05, 0) is 69.5 Å². The molecule has 2 heterocycles. The molecular weight excluding hydrogens is 782 g/mol. The van der Waals surface area contributed by atoms with Gasteiger partial charge in [0.15, 0.2) is 0 Å². The number of rotatable bonds is 5. The summed E-state index contributed by atoms with van der Waals surface area (Å²) in [6.45, 7) is 13.6. The third-order valence-electron chi connectivity index (χ3n) is 8.96. The van der Waals surface area contributed by atoms with Crippen molar-refractivity contribution in [1.29, 1.82) is 0 Å². The zero-order chi connectivity index (χ0) is 33.6. The standard InChI is InChI=1S/C44H40N3O.Pt/c1-43(2,3)33-25-32(26-34(28-33)44(4,5)6)29-22-23-45-38(27-29)31-15-12-14-30(24-31)36-19-13-20-39-41(36)46-42(37-18-10-11-21-40(37)48)47(39)35-16-8-7-9-17-35;/h7-23,25-28,48H,1-6H3;/q-1;. The fraction of sp³-hybridized carbons (Fsp3) is 0.182. The molecule has 7 aromatic rings. The molecule has 248 valence electrons. The van der Waals surface area contributed by atoms with E-state index in [0.717, 1.165) is 44.7 Å². The number of fused-ring (bicyclic) bond motifs is 1. The van der Waals surface area contributed by atoms with Gasteiger partial charge in [0.05, 0.1) is 16.6 Å². The van der Waals surface area contributed by atoms with Gasteiger partial charge in [0.1, 0.15) is 11.6 Å². The number of aromatic hydroxyl groups is 1. The van der Waals surface area contributed by atoms with Gasteiger partial charge < -0.3 is 5.11 Å². The van der Waals surface area contributed by atoms with E-state index in [1.54, 1.807) is 6.07 Å². The summed E-state index contributed by atoms with van der Waals surface area (Å²) in [5.74, 6) is 0.869. The summed E-state index contributed by atoms with van der Waals surface area (Å²) in [6.07, 6.45) is 1.90. The maximum atomic E-state index is 10.9. The zero-order valence-corrected chi connectivity index (χ0v) is 31.0. The van der Waals surface area contributed by atoms with Gasteiger partial charge in [-0.25, -0.2) is 4.98 Å². The molecule has 7 rings (SSSR count). The van der Waals surface area contributed by atoms with Crippen molar-refractivity contribution in [3.05, 3.63) is 145 Å². The van der Waals surface area contributed by atoms with Gasteiger partial charge in [0, 0.05) is 38.6 Å². The van der Waals surface area contributed by atoms with Crippen LogP contribution in [-0.2, 0) is 31.9 Å². The van der Waals surface area contributed by atoms with Crippen molar-refractivity contribution in [2.75, 3.05) is 0 Å². The maximum absolute atomic E-state index is 10.9. The molecule has 0 saturated heterocycles. The maximum Gasteiger partial charge on any atom is 0.148 e. The van der Waals surface area contributed by atoms with Crippen molar-refractivity contribution in [3.8, 4) is 56.3 Å². The van der Waals surface area contributed by atoms with Crippen molar-refractivity contribution in [2.45, 2.75) is 52.4 Å². The number of para-hydroxylation sites is 3. The number of phenolic OH excluding ortho intramolecular Hbond substituents is 1. The van der Waals surface area contributed by atoms with Gasteiger partial charge in [-0.1, -0.05) is 119 Å². The monoisotopic (exact) mass is 821 g/mol. The van der Waals surface area contributed by atoms with Crippen LogP contribution in [-0.4, -0.2) is 19.6 Å². The first kappa shape index (κ1) is 34.1. The first-order valence-corrected chi connectivity index (χ1v) is 16.5. The van der Waals surface area contributed by atoms with Gasteiger partial charge in [0.2, 0.25) is 0 Å². The van der Waals surface area contributed by atoms with Crippen LogP contribution >= 0.6 is 0 Å². The first-order valence-electron chi connectivity index (χ1n) is 16.5. The van der Waals surface area contributed by atoms with Crippen LogP contribution in [0.2, 0.25) is 0 Å². The Hall–Kier alpha value is -4.79. The Morgan fingerprint density at radius 2 is 1.24 bits per heavy atom. The summed E-state index contributed by atoms with van der Waals surface area (Å²) in [6, 6.07) is 44.9. The molecule has 0 amide bonds. The molecule has 2 aromatic heterocycles. The molecule has 0 spiro atoms. The van der Waals surface area contributed by atoms with Crippen LogP contribution in [0.3, 0.4) is 0 Å². The summed E-state index contributed by atoms with van der Waals surface area (Å²) in [5.41, 5.74) is 12.1. The minimum absolute atomic E-state index is 0. The quantitative estimate of drug-likeness (QED) is 0.176. The minimum atomic E-state index is 0. The predicted molar refractivity (Wildman–Crippen MR) is 199 cm³/mol. The fourth-order valence-corrected chi connectivity index (χ4v) is 6.19. The van der Waals surface area contributed by atoms with E-state index in [4.69, 9.17) is 9.97 Å². The number of hydrogen-bond donors (Lipinski definition) is 1. The van der Waals surface area contributed by atoms with Crippen LogP contribution in [0, 0.1) is 6.07 Å². The van der Waals surface area contributed by atoms with Gasteiger partial charge >= 0.3 is 0 Å². The zero-order valence-electron chi connectivity index (χ0n) is 28.7. The molecule has 0 bridgehead atoms. The fourth-order valence-electron chi connectivity index (χ4n) is 6.19. The summed E-state index contributed by atoms with van der Waals surface area (Å²) < 4.78 is 2.11. The van der Waals surface area contributed by atoms with Gasteiger partial charge in [-0.2, -0.15) is 0 Å². The van der Waals surface area contributed by atoms with E-state index in [0.29, 0.717) is 11.4 Å². The number of hydrogen-bond acceptors (Lipinski definition) is 3. The average molecular weight is 822 g/mol. The summed E-state index contributed by atoms with van der Waals surface area (Å²) in [4.78, 5) is 9.98. The third kappa shape index (κ3) is 6.76. The Labute approximate surface area is 303 Å². The van der Waals surface area contributed by atoms with Crippen molar-refractivity contribution >= 4 is 11.0 Å². The van der Waals surface area contributed by atoms with Crippen LogP contribution in [0.1, 0.15) is 52.7 Å². The summed E-state index contributed by atoms with van der Waals surface area (Å²) in [7, 11) is 0. The van der Waals surface area contributed by atoms with Crippen LogP contribution in [0.4, 0.5) is 0 Å². The Kier molecular flexibility index (Phi) is 9.22. The normalized spacial score (nSPS) is 11.8. The molecule has 0 saturated carbocycles. The SMILES string of the molecule is CC(C)(C)c1cc(-c2ccnc(-c3[c-]c(-c4cccc5c4nc(-c4ccccc4O)n5-c4ccccc4)ccc3)c2)cc(C(C)(C)C)c1.[Pt]. The molecule has 0 aliphatic heterocycles. The molecule has 0 aliphatic carbocycles. The molecule has 0 aliphatic rings. The van der Waals surface area contributed by atoms with Gasteiger partial charge in [0.25, 0.3) is 0 Å². The second-order valence-corrected chi connectivity index (χ2v) is 14.5. The molecule has 5 heteroatoms. The van der Waals surface area contributed by atoms with E-state index < -0.39 is 0 Å². The summed E-state index contributed by atoms with van der Waals surface area (Å²) >= 11 is 0. The number of pyridine rings is 1. The molecule has 0 fully saturated rings. The van der Waals surface area contributed by atoms with Gasteiger partial charge in [-0.15, -0.1) is 29.8 Å². The van der Waals surface area contributed by atoms with Gasteiger partial charge in [-0.3, -0.25) is 9.55 Å². The van der Waals surface area contributed by atoms with Crippen LogP contribution < -0.4 is 0 Å². The van der Waals surface area contributed by atoms with E-state index in [1.807, 2.05) is 42.6 Å². The predicted octanol–water partition coefficient (Wildman–Crippen LogP) is 11.2. The third-order valence-corrected chi connectivity index (χ3v) is 8.96. The van der Waals surface area contributed by atoms with Crippen LogP contribution in [0.5, 0.6) is 5.75 Å². The van der Waals surface area contributed by atoms with Crippen molar-refractivity contribution in [1.82, 2.24) is 14.5 Å². The second-order valence-electron chi connectivity index (χ2n) is 14.5. The molecule has 49 heavy (non-hydrogen) atoms. The van der Waals surface area contributed by atoms with Crippen LogP contribution in [0.25, 0.3) is 61.6 Å². The van der Waals surface area contributed by atoms with E-state index in [9.17, 15) is 5.11 Å². The second kappa shape index (κ2) is 13.3. The van der Waals surface area contributed by atoms with Crippen molar-refractivity contribution in [2.24, 2.45) is 0 Å². The number of imidazole rings is 1. The minimum Gasteiger partial charge on any atom is -0.507 e. The topological polar surface area (TPSA) is 50.9 Å². The Morgan fingerprint density at radius 1 is 0.612 bits per heavy atom. The van der Waals surface area contributed by atoms with E-state index in [-0.39, 0.29) is 37.6 Å². The smallest absolute Gasteiger partial charge is 0.148 e. The molecule has 0 radical (unpaired) electrons. The molecule has 4 nitrogen and oxygen atoms in total. The average Bonchev–Trinajstić information content (AvgIpc) is 3.47. The van der Waals surface area contributed by atoms with Crippen molar-refractivity contribution < 1.29 is 26.2 Å². The Bertz CT molecular complexity index is 2240. The molecule has 1 N–H and O–H groups in total. The number of phenols is 1. The Morgan fingerprint density at radius 3 is 1.94 bits per heavy atom. The molecule has 0 unspecified atom stereocenters. The number of benzene rings is 5. The number of aromatic nitrogens is 3. The Balaban J connectivity index is 0.00000417.